The first kappa shape index (κ1) is 13.2. The average molecular weight is 236 g/mol. The SMILES string of the molecule is C#CC(C)(C)OCc1cc(F)ccc1C(=O)O. The third-order valence-corrected chi connectivity index (χ3v) is 2.23. The topological polar surface area (TPSA) is 46.5 Å². The van der Waals surface area contributed by atoms with Crippen LogP contribution in [0, 0.1) is 18.2 Å². The lowest BCUT2D eigenvalue weighted by Gasteiger charge is -2.19. The molecule has 1 rings (SSSR count). The molecule has 0 amide bonds. The summed E-state index contributed by atoms with van der Waals surface area (Å²) in [6.45, 7) is 3.30. The maximum Gasteiger partial charge on any atom is 0.336 e. The van der Waals surface area contributed by atoms with Gasteiger partial charge in [0.2, 0.25) is 0 Å². The number of benzene rings is 1. The molecule has 0 bridgehead atoms. The zero-order chi connectivity index (χ0) is 13.1. The van der Waals surface area contributed by atoms with Crippen molar-refractivity contribution in [2.75, 3.05) is 0 Å². The fourth-order valence-electron chi connectivity index (χ4n) is 1.19. The van der Waals surface area contributed by atoms with E-state index in [1.807, 2.05) is 0 Å². The molecule has 1 aromatic carbocycles. The number of hydrogen-bond acceptors (Lipinski definition) is 2. The Hall–Kier alpha value is -1.86. The molecular formula is C13H13FO3. The van der Waals surface area contributed by atoms with Crippen molar-refractivity contribution in [1.82, 2.24) is 0 Å². The molecule has 1 N–H and O–H groups in total. The predicted octanol–water partition coefficient (Wildman–Crippen LogP) is 2.45. The summed E-state index contributed by atoms with van der Waals surface area (Å²) in [6.07, 6.45) is 5.23. The van der Waals surface area contributed by atoms with Crippen LogP contribution in [0.5, 0.6) is 0 Å². The van der Waals surface area contributed by atoms with Gasteiger partial charge in [0.05, 0.1) is 12.2 Å². The Balaban J connectivity index is 2.94. The highest BCUT2D eigenvalue weighted by Crippen LogP contribution is 2.16. The van der Waals surface area contributed by atoms with Crippen LogP contribution in [0.2, 0.25) is 0 Å². The summed E-state index contributed by atoms with van der Waals surface area (Å²) in [5.74, 6) is 0.781. The molecule has 0 aromatic heterocycles. The van der Waals surface area contributed by atoms with E-state index in [0.717, 1.165) is 12.1 Å². The predicted molar refractivity (Wildman–Crippen MR) is 61.1 cm³/mol. The molecule has 0 aliphatic carbocycles. The second kappa shape index (κ2) is 4.98. The molecule has 0 radical (unpaired) electrons. The Morgan fingerprint density at radius 1 is 1.59 bits per heavy atom. The van der Waals surface area contributed by atoms with E-state index in [2.05, 4.69) is 5.92 Å². The van der Waals surface area contributed by atoms with Crippen LogP contribution in [-0.4, -0.2) is 16.7 Å². The Morgan fingerprint density at radius 3 is 2.76 bits per heavy atom. The highest BCUT2D eigenvalue weighted by Gasteiger charge is 2.17. The first-order valence-electron chi connectivity index (χ1n) is 4.99. The van der Waals surface area contributed by atoms with Gasteiger partial charge >= 0.3 is 5.97 Å². The van der Waals surface area contributed by atoms with Crippen LogP contribution < -0.4 is 0 Å². The molecule has 90 valence electrons. The second-order valence-electron chi connectivity index (χ2n) is 4.05. The van der Waals surface area contributed by atoms with Gasteiger partial charge in [0.15, 0.2) is 0 Å². The van der Waals surface area contributed by atoms with E-state index in [1.54, 1.807) is 13.8 Å². The smallest absolute Gasteiger partial charge is 0.336 e. The Bertz CT molecular complexity index is 472. The standard InChI is InChI=1S/C13H13FO3/c1-4-13(2,3)17-8-9-7-10(14)5-6-11(9)12(15)16/h1,5-7H,8H2,2-3H3,(H,15,16). The summed E-state index contributed by atoms with van der Waals surface area (Å²) < 4.78 is 18.4. The van der Waals surface area contributed by atoms with Gasteiger partial charge in [-0.25, -0.2) is 9.18 Å². The first-order chi connectivity index (χ1) is 7.85. The molecule has 4 heteroatoms. The zero-order valence-electron chi connectivity index (χ0n) is 9.66. The Labute approximate surface area is 99.2 Å². The van der Waals surface area contributed by atoms with E-state index < -0.39 is 17.4 Å². The molecule has 0 aliphatic heterocycles. The number of halogens is 1. The van der Waals surface area contributed by atoms with Crippen molar-refractivity contribution in [2.24, 2.45) is 0 Å². The van der Waals surface area contributed by atoms with Crippen LogP contribution in [0.4, 0.5) is 4.39 Å². The highest BCUT2D eigenvalue weighted by atomic mass is 19.1. The number of hydrogen-bond donors (Lipinski definition) is 1. The van der Waals surface area contributed by atoms with Crippen LogP contribution in [-0.2, 0) is 11.3 Å². The number of ether oxygens (including phenoxy) is 1. The number of carboxylic acids is 1. The summed E-state index contributed by atoms with van der Waals surface area (Å²) >= 11 is 0. The van der Waals surface area contributed by atoms with E-state index in [-0.39, 0.29) is 17.7 Å². The van der Waals surface area contributed by atoms with Gasteiger partial charge in [0.1, 0.15) is 11.4 Å². The van der Waals surface area contributed by atoms with Crippen LogP contribution in [0.3, 0.4) is 0 Å². The van der Waals surface area contributed by atoms with Gasteiger partial charge in [-0.3, -0.25) is 0 Å². The van der Waals surface area contributed by atoms with Crippen LogP contribution in [0.25, 0.3) is 0 Å². The Kier molecular flexibility index (Phi) is 3.87. The summed E-state index contributed by atoms with van der Waals surface area (Å²) in [4.78, 5) is 10.9. The molecule has 3 nitrogen and oxygen atoms in total. The summed E-state index contributed by atoms with van der Waals surface area (Å²) in [7, 11) is 0. The average Bonchev–Trinajstić information content (AvgIpc) is 2.26. The van der Waals surface area contributed by atoms with Gasteiger partial charge in [-0.2, -0.15) is 0 Å². The van der Waals surface area contributed by atoms with Crippen molar-refractivity contribution in [3.63, 3.8) is 0 Å². The van der Waals surface area contributed by atoms with Gasteiger partial charge in [-0.05, 0) is 37.6 Å². The van der Waals surface area contributed by atoms with Crippen molar-refractivity contribution in [1.29, 1.82) is 0 Å². The molecule has 0 aliphatic rings. The zero-order valence-corrected chi connectivity index (χ0v) is 9.66. The number of carbonyl (C=O) groups is 1. The van der Waals surface area contributed by atoms with E-state index in [1.165, 1.54) is 6.07 Å². The van der Waals surface area contributed by atoms with Crippen molar-refractivity contribution < 1.29 is 19.0 Å². The van der Waals surface area contributed by atoms with Gasteiger partial charge in [0.25, 0.3) is 0 Å². The minimum Gasteiger partial charge on any atom is -0.478 e. The van der Waals surface area contributed by atoms with E-state index >= 15 is 0 Å². The molecular weight excluding hydrogens is 223 g/mol. The molecule has 0 atom stereocenters. The lowest BCUT2D eigenvalue weighted by Crippen LogP contribution is -2.22. The lowest BCUT2D eigenvalue weighted by molar-refractivity contribution is 0.0137. The second-order valence-corrected chi connectivity index (χ2v) is 4.05. The minimum atomic E-state index is -1.12. The fourth-order valence-corrected chi connectivity index (χ4v) is 1.19. The fraction of sp³-hybridized carbons (Fsp3) is 0.308. The van der Waals surface area contributed by atoms with E-state index in [9.17, 15) is 9.18 Å². The van der Waals surface area contributed by atoms with Crippen molar-refractivity contribution >= 4 is 5.97 Å². The molecule has 0 spiro atoms. The lowest BCUT2D eigenvalue weighted by atomic mass is 10.1. The van der Waals surface area contributed by atoms with Crippen LogP contribution in [0.1, 0.15) is 29.8 Å². The summed E-state index contributed by atoms with van der Waals surface area (Å²) in [5.41, 5.74) is -0.540. The molecule has 17 heavy (non-hydrogen) atoms. The minimum absolute atomic E-state index is 0.0132. The van der Waals surface area contributed by atoms with Gasteiger partial charge in [-0.15, -0.1) is 6.42 Å². The summed E-state index contributed by atoms with van der Waals surface area (Å²) in [6, 6.07) is 3.44. The number of terminal acetylenes is 1. The molecule has 0 saturated carbocycles. The van der Waals surface area contributed by atoms with Crippen molar-refractivity contribution in [3.8, 4) is 12.3 Å². The number of carboxylic acid groups (broad SMARTS) is 1. The van der Waals surface area contributed by atoms with Gasteiger partial charge in [-0.1, -0.05) is 5.92 Å². The first-order valence-corrected chi connectivity index (χ1v) is 4.99. The molecule has 0 saturated heterocycles. The van der Waals surface area contributed by atoms with E-state index in [0.29, 0.717) is 0 Å². The van der Waals surface area contributed by atoms with E-state index in [4.69, 9.17) is 16.3 Å². The molecule has 0 unspecified atom stereocenters. The van der Waals surface area contributed by atoms with Crippen molar-refractivity contribution in [2.45, 2.75) is 26.1 Å². The third-order valence-electron chi connectivity index (χ3n) is 2.23. The molecule has 0 heterocycles. The quantitative estimate of drug-likeness (QED) is 0.817. The maximum atomic E-state index is 13.0. The highest BCUT2D eigenvalue weighted by molar-refractivity contribution is 5.89. The third kappa shape index (κ3) is 3.58. The largest absolute Gasteiger partial charge is 0.478 e. The number of aromatic carboxylic acids is 1. The maximum absolute atomic E-state index is 13.0. The monoisotopic (exact) mass is 236 g/mol. The van der Waals surface area contributed by atoms with Crippen LogP contribution >= 0.6 is 0 Å². The Morgan fingerprint density at radius 2 is 2.24 bits per heavy atom. The molecule has 1 aromatic rings. The summed E-state index contributed by atoms with van der Waals surface area (Å²) in [5, 5.41) is 8.92. The van der Waals surface area contributed by atoms with Gasteiger partial charge < -0.3 is 9.84 Å². The van der Waals surface area contributed by atoms with Crippen molar-refractivity contribution in [3.05, 3.63) is 35.1 Å². The molecule has 0 fully saturated rings. The van der Waals surface area contributed by atoms with Gasteiger partial charge in [0, 0.05) is 0 Å². The van der Waals surface area contributed by atoms with Crippen LogP contribution in [0.15, 0.2) is 18.2 Å². The normalized spacial score (nSPS) is 10.9. The number of rotatable bonds is 4.